The van der Waals surface area contributed by atoms with E-state index in [9.17, 15) is 9.59 Å². The van der Waals surface area contributed by atoms with Gasteiger partial charge in [-0.2, -0.15) is 0 Å². The van der Waals surface area contributed by atoms with E-state index in [0.717, 1.165) is 35.3 Å². The lowest BCUT2D eigenvalue weighted by Crippen LogP contribution is -2.37. The number of rotatable bonds is 3. The van der Waals surface area contributed by atoms with Crippen molar-refractivity contribution in [3.8, 4) is 0 Å². The number of hydrogen-bond acceptors (Lipinski definition) is 4. The number of likely N-dealkylation sites (tertiary alicyclic amines) is 1. The summed E-state index contributed by atoms with van der Waals surface area (Å²) in [6.45, 7) is 5.33. The molecule has 32 heavy (non-hydrogen) atoms. The Hall–Kier alpha value is -3.67. The van der Waals surface area contributed by atoms with Gasteiger partial charge in [0.25, 0.3) is 0 Å². The van der Waals surface area contributed by atoms with Gasteiger partial charge in [-0.05, 0) is 62.6 Å². The zero-order chi connectivity index (χ0) is 22.2. The predicted molar refractivity (Wildman–Crippen MR) is 126 cm³/mol. The molecule has 1 saturated heterocycles. The lowest BCUT2D eigenvalue weighted by Gasteiger charge is -2.30. The Morgan fingerprint density at radius 2 is 1.88 bits per heavy atom. The van der Waals surface area contributed by atoms with Gasteiger partial charge in [0.1, 0.15) is 17.7 Å². The van der Waals surface area contributed by atoms with Gasteiger partial charge in [-0.3, -0.25) is 9.59 Å². The second-order valence-corrected chi connectivity index (χ2v) is 8.60. The summed E-state index contributed by atoms with van der Waals surface area (Å²) in [5.74, 6) is 1.22. The van der Waals surface area contributed by atoms with E-state index < -0.39 is 0 Å². The third kappa shape index (κ3) is 3.84. The molecule has 1 amide bonds. The van der Waals surface area contributed by atoms with E-state index in [4.69, 9.17) is 9.40 Å². The van der Waals surface area contributed by atoms with Crippen LogP contribution in [0.1, 0.15) is 41.3 Å². The number of piperidine rings is 1. The van der Waals surface area contributed by atoms with Crippen molar-refractivity contribution >= 4 is 34.0 Å². The number of aryl methyl sites for hydroxylation is 2. The number of aromatic amines is 1. The lowest BCUT2D eigenvalue weighted by atomic mass is 9.96. The minimum absolute atomic E-state index is 0.0904. The number of H-pyrrole nitrogens is 1. The van der Waals surface area contributed by atoms with Crippen LogP contribution >= 0.6 is 0 Å². The number of nitrogens with one attached hydrogen (secondary N) is 1. The second kappa shape index (κ2) is 8.11. The number of hydrogen-bond donors (Lipinski definition) is 1. The highest BCUT2D eigenvalue weighted by atomic mass is 16.3. The van der Waals surface area contributed by atoms with Gasteiger partial charge in [-0.15, -0.1) is 0 Å². The van der Waals surface area contributed by atoms with Crippen LogP contribution in [0.3, 0.4) is 0 Å². The van der Waals surface area contributed by atoms with Gasteiger partial charge >= 0.3 is 0 Å². The van der Waals surface area contributed by atoms with Crippen molar-refractivity contribution in [3.05, 3.63) is 81.5 Å². The van der Waals surface area contributed by atoms with E-state index in [2.05, 4.69) is 24.0 Å². The molecule has 0 saturated carbocycles. The molecule has 1 aliphatic heterocycles. The first-order chi connectivity index (χ1) is 15.5. The minimum Gasteiger partial charge on any atom is -0.463 e. The number of fused-ring (bicyclic) bond motifs is 2. The average molecular weight is 428 g/mol. The predicted octanol–water partition coefficient (Wildman–Crippen LogP) is 4.71. The van der Waals surface area contributed by atoms with Crippen LogP contribution in [0.4, 0.5) is 0 Å². The van der Waals surface area contributed by atoms with Crippen molar-refractivity contribution in [2.24, 2.45) is 0 Å². The highest BCUT2D eigenvalue weighted by Gasteiger charge is 2.25. The molecule has 5 rings (SSSR count). The Kier molecular flexibility index (Phi) is 5.13. The van der Waals surface area contributed by atoms with Crippen molar-refractivity contribution in [1.29, 1.82) is 0 Å². The standard InChI is InChI=1S/C26H25N3O3/c1-16-4-7-23-20(13-16)25(31)19(15-32-23)5-8-24(30)29-11-9-18(10-12-29)26-27-21-6-3-17(2)14-22(21)28-26/h3-8,13-15,18H,9-12H2,1-2H3,(H,27,28)/b8-5+. The van der Waals surface area contributed by atoms with Gasteiger partial charge in [0, 0.05) is 25.1 Å². The SMILES string of the molecule is Cc1ccc2nc(C3CCN(C(=O)/C=C/c4coc5ccc(C)cc5c4=O)CC3)[nH]c2c1. The maximum Gasteiger partial charge on any atom is 0.246 e. The highest BCUT2D eigenvalue weighted by Crippen LogP contribution is 2.28. The number of carbonyl (C=O) groups excluding carboxylic acids is 1. The minimum atomic E-state index is -0.127. The molecule has 0 radical (unpaired) electrons. The van der Waals surface area contributed by atoms with Gasteiger partial charge in [-0.25, -0.2) is 4.98 Å². The zero-order valence-electron chi connectivity index (χ0n) is 18.2. The van der Waals surface area contributed by atoms with Crippen LogP contribution in [0.25, 0.3) is 28.1 Å². The van der Waals surface area contributed by atoms with Crippen molar-refractivity contribution in [1.82, 2.24) is 14.9 Å². The summed E-state index contributed by atoms with van der Waals surface area (Å²) in [6, 6.07) is 11.7. The number of aromatic nitrogens is 2. The molecule has 6 heteroatoms. The molecule has 4 aromatic rings. The molecule has 1 aliphatic rings. The Bertz CT molecular complexity index is 1410. The molecule has 1 N–H and O–H groups in total. The van der Waals surface area contributed by atoms with Gasteiger partial charge < -0.3 is 14.3 Å². The topological polar surface area (TPSA) is 79.2 Å². The monoisotopic (exact) mass is 427 g/mol. The van der Waals surface area contributed by atoms with Crippen LogP contribution < -0.4 is 5.43 Å². The van der Waals surface area contributed by atoms with Crippen molar-refractivity contribution < 1.29 is 9.21 Å². The molecule has 0 spiro atoms. The molecule has 6 nitrogen and oxygen atoms in total. The molecule has 1 fully saturated rings. The summed E-state index contributed by atoms with van der Waals surface area (Å²) >= 11 is 0. The Morgan fingerprint density at radius 3 is 2.69 bits per heavy atom. The molecular weight excluding hydrogens is 402 g/mol. The quantitative estimate of drug-likeness (QED) is 0.481. The summed E-state index contributed by atoms with van der Waals surface area (Å²) in [4.78, 5) is 35.4. The molecule has 3 heterocycles. The number of benzene rings is 2. The van der Waals surface area contributed by atoms with Crippen LogP contribution in [0.15, 0.2) is 57.9 Å². The summed E-state index contributed by atoms with van der Waals surface area (Å²) in [5.41, 5.74) is 5.04. The molecule has 162 valence electrons. The third-order valence-corrected chi connectivity index (χ3v) is 6.21. The Balaban J connectivity index is 1.26. The number of nitrogens with zero attached hydrogens (tertiary/aromatic N) is 2. The maximum atomic E-state index is 12.7. The molecule has 0 atom stereocenters. The third-order valence-electron chi connectivity index (χ3n) is 6.21. The Labute approximate surface area is 185 Å². The van der Waals surface area contributed by atoms with E-state index >= 15 is 0 Å². The van der Waals surface area contributed by atoms with Crippen LogP contribution in [-0.2, 0) is 4.79 Å². The zero-order valence-corrected chi connectivity index (χ0v) is 18.2. The summed E-state index contributed by atoms with van der Waals surface area (Å²) in [5, 5.41) is 0.529. The number of imidazole rings is 1. The molecule has 0 bridgehead atoms. The highest BCUT2D eigenvalue weighted by molar-refractivity contribution is 5.92. The molecule has 0 unspecified atom stereocenters. The fraction of sp³-hybridized carbons (Fsp3) is 0.269. The van der Waals surface area contributed by atoms with Crippen LogP contribution in [0.2, 0.25) is 0 Å². The van der Waals surface area contributed by atoms with Crippen LogP contribution in [0, 0.1) is 13.8 Å². The Morgan fingerprint density at radius 1 is 1.12 bits per heavy atom. The van der Waals surface area contributed by atoms with E-state index in [1.165, 1.54) is 17.9 Å². The van der Waals surface area contributed by atoms with Crippen molar-refractivity contribution in [3.63, 3.8) is 0 Å². The van der Waals surface area contributed by atoms with E-state index in [1.807, 2.05) is 30.0 Å². The average Bonchev–Trinajstić information content (AvgIpc) is 3.22. The first kappa shape index (κ1) is 20.2. The molecule has 0 aliphatic carbocycles. The smallest absolute Gasteiger partial charge is 0.246 e. The van der Waals surface area contributed by atoms with Crippen LogP contribution in [-0.4, -0.2) is 33.9 Å². The van der Waals surface area contributed by atoms with Crippen molar-refractivity contribution in [2.45, 2.75) is 32.6 Å². The maximum absolute atomic E-state index is 12.7. The largest absolute Gasteiger partial charge is 0.463 e. The number of amides is 1. The van der Waals surface area contributed by atoms with E-state index in [-0.39, 0.29) is 11.3 Å². The lowest BCUT2D eigenvalue weighted by molar-refractivity contribution is -0.127. The van der Waals surface area contributed by atoms with Gasteiger partial charge in [-0.1, -0.05) is 17.7 Å². The summed E-state index contributed by atoms with van der Waals surface area (Å²) in [6.07, 6.45) is 6.16. The fourth-order valence-corrected chi connectivity index (χ4v) is 4.35. The van der Waals surface area contributed by atoms with Crippen LogP contribution in [0.5, 0.6) is 0 Å². The molecule has 2 aromatic heterocycles. The van der Waals surface area contributed by atoms with Gasteiger partial charge in [0.15, 0.2) is 5.43 Å². The first-order valence-corrected chi connectivity index (χ1v) is 10.9. The fourth-order valence-electron chi connectivity index (χ4n) is 4.35. The van der Waals surface area contributed by atoms with Gasteiger partial charge in [0.05, 0.1) is 22.0 Å². The summed E-state index contributed by atoms with van der Waals surface area (Å²) < 4.78 is 5.57. The first-order valence-electron chi connectivity index (χ1n) is 10.9. The number of carbonyl (C=O) groups is 1. The van der Waals surface area contributed by atoms with E-state index in [1.54, 1.807) is 12.1 Å². The van der Waals surface area contributed by atoms with E-state index in [0.29, 0.717) is 35.5 Å². The summed E-state index contributed by atoms with van der Waals surface area (Å²) in [7, 11) is 0. The normalized spacial score (nSPS) is 15.2. The molecule has 2 aromatic carbocycles. The van der Waals surface area contributed by atoms with Crippen molar-refractivity contribution in [2.75, 3.05) is 13.1 Å². The second-order valence-electron chi connectivity index (χ2n) is 8.60. The molecular formula is C26H25N3O3. The van der Waals surface area contributed by atoms with Gasteiger partial charge in [0.2, 0.25) is 5.91 Å².